The predicted molar refractivity (Wildman–Crippen MR) is 41.5 cm³/mol. The van der Waals surface area contributed by atoms with E-state index in [0.29, 0.717) is 5.82 Å². The third kappa shape index (κ3) is 2.87. The van der Waals surface area contributed by atoms with Crippen molar-refractivity contribution in [1.82, 2.24) is 4.81 Å². The Balaban J connectivity index is 3.68. The van der Waals surface area contributed by atoms with Gasteiger partial charge in [-0.25, -0.2) is 0 Å². The second-order valence-corrected chi connectivity index (χ2v) is 2.83. The van der Waals surface area contributed by atoms with Crippen LogP contribution in [0.3, 0.4) is 0 Å². The van der Waals surface area contributed by atoms with Gasteiger partial charge in [0, 0.05) is 7.11 Å². The van der Waals surface area contributed by atoms with E-state index in [-0.39, 0.29) is 7.05 Å². The van der Waals surface area contributed by atoms with Crippen molar-refractivity contribution >= 4 is 7.05 Å². The summed E-state index contributed by atoms with van der Waals surface area (Å²) in [6, 6.07) is 0. The quantitative estimate of drug-likeness (QED) is 0.529. The standard InChI is InChI=1S/C6H16BNO/c1-6(2)7(9-5)8(3)4/h6H,1-5H3. The predicted octanol–water partition coefficient (Wildman–Crippen LogP) is 1.09. The third-order valence-corrected chi connectivity index (χ3v) is 1.32. The molecule has 0 aromatic heterocycles. The molecule has 0 saturated carbocycles. The van der Waals surface area contributed by atoms with E-state index in [1.54, 1.807) is 7.11 Å². The maximum atomic E-state index is 5.20. The monoisotopic (exact) mass is 129 g/mol. The van der Waals surface area contributed by atoms with Crippen LogP contribution in [0.15, 0.2) is 0 Å². The molecule has 0 aromatic rings. The average Bonchev–Trinajstić information content (AvgIpc) is 1.64. The molecule has 0 saturated heterocycles. The normalized spacial score (nSPS) is 11.0. The lowest BCUT2D eigenvalue weighted by atomic mass is 9.68. The van der Waals surface area contributed by atoms with Gasteiger partial charge in [0.25, 0.3) is 0 Å². The molecule has 9 heavy (non-hydrogen) atoms. The number of hydrogen-bond donors (Lipinski definition) is 0. The van der Waals surface area contributed by atoms with E-state index in [9.17, 15) is 0 Å². The van der Waals surface area contributed by atoms with Gasteiger partial charge in [0.05, 0.1) is 0 Å². The maximum Gasteiger partial charge on any atom is 0.384 e. The van der Waals surface area contributed by atoms with Gasteiger partial charge in [0.1, 0.15) is 0 Å². The first-order chi connectivity index (χ1) is 4.09. The van der Waals surface area contributed by atoms with Crippen LogP contribution in [0.1, 0.15) is 13.8 Å². The second-order valence-electron chi connectivity index (χ2n) is 2.83. The second kappa shape index (κ2) is 3.91. The van der Waals surface area contributed by atoms with Gasteiger partial charge in [-0.05, 0) is 19.9 Å². The molecular weight excluding hydrogens is 113 g/mol. The smallest absolute Gasteiger partial charge is 0.384 e. The van der Waals surface area contributed by atoms with Gasteiger partial charge in [0.2, 0.25) is 0 Å². The fourth-order valence-electron chi connectivity index (χ4n) is 1.08. The summed E-state index contributed by atoms with van der Waals surface area (Å²) in [5, 5.41) is 0. The molecule has 0 aromatic carbocycles. The molecule has 0 aliphatic carbocycles. The Bertz CT molecular complexity index is 67.5. The van der Waals surface area contributed by atoms with Crippen molar-refractivity contribution in [3.63, 3.8) is 0 Å². The van der Waals surface area contributed by atoms with Gasteiger partial charge in [-0.15, -0.1) is 0 Å². The number of hydrogen-bond acceptors (Lipinski definition) is 2. The van der Waals surface area contributed by atoms with Crippen molar-refractivity contribution in [3.05, 3.63) is 0 Å². The molecule has 0 rings (SSSR count). The van der Waals surface area contributed by atoms with Gasteiger partial charge in [-0.3, -0.25) is 0 Å². The van der Waals surface area contributed by atoms with E-state index in [2.05, 4.69) is 18.7 Å². The Morgan fingerprint density at radius 1 is 1.33 bits per heavy atom. The van der Waals surface area contributed by atoms with Gasteiger partial charge < -0.3 is 9.47 Å². The molecule has 0 fully saturated rings. The molecule has 0 atom stereocenters. The zero-order chi connectivity index (χ0) is 7.44. The molecule has 3 heteroatoms. The van der Waals surface area contributed by atoms with Crippen molar-refractivity contribution in [2.24, 2.45) is 0 Å². The first-order valence-corrected chi connectivity index (χ1v) is 3.28. The van der Waals surface area contributed by atoms with E-state index in [0.717, 1.165) is 0 Å². The van der Waals surface area contributed by atoms with E-state index in [4.69, 9.17) is 4.65 Å². The Labute approximate surface area is 58.3 Å². The zero-order valence-electron chi connectivity index (χ0n) is 7.01. The Morgan fingerprint density at radius 3 is 1.78 bits per heavy atom. The summed E-state index contributed by atoms with van der Waals surface area (Å²) in [6.07, 6.45) is 0. The summed E-state index contributed by atoms with van der Waals surface area (Å²) in [5.41, 5.74) is 0. The molecule has 0 spiro atoms. The summed E-state index contributed by atoms with van der Waals surface area (Å²) in [7, 11) is 6.04. The summed E-state index contributed by atoms with van der Waals surface area (Å²) in [4.78, 5) is 2.07. The maximum absolute atomic E-state index is 5.20. The average molecular weight is 129 g/mol. The molecule has 0 bridgehead atoms. The van der Waals surface area contributed by atoms with Crippen LogP contribution in [0.25, 0.3) is 0 Å². The van der Waals surface area contributed by atoms with Crippen LogP contribution < -0.4 is 0 Å². The number of nitrogens with zero attached hydrogens (tertiary/aromatic N) is 1. The first-order valence-electron chi connectivity index (χ1n) is 3.28. The lowest BCUT2D eigenvalue weighted by Crippen LogP contribution is -2.37. The van der Waals surface area contributed by atoms with Gasteiger partial charge >= 0.3 is 7.05 Å². The SMILES string of the molecule is COB(C(C)C)N(C)C. The lowest BCUT2D eigenvalue weighted by Gasteiger charge is -2.20. The fraction of sp³-hybridized carbons (Fsp3) is 1.00. The summed E-state index contributed by atoms with van der Waals surface area (Å²) < 4.78 is 5.20. The topological polar surface area (TPSA) is 12.5 Å². The van der Waals surface area contributed by atoms with E-state index >= 15 is 0 Å². The van der Waals surface area contributed by atoms with Crippen molar-refractivity contribution < 1.29 is 4.65 Å². The largest absolute Gasteiger partial charge is 0.424 e. The molecule has 2 nitrogen and oxygen atoms in total. The van der Waals surface area contributed by atoms with Crippen LogP contribution in [-0.4, -0.2) is 33.1 Å². The highest BCUT2D eigenvalue weighted by Crippen LogP contribution is 2.08. The lowest BCUT2D eigenvalue weighted by molar-refractivity contribution is 0.353. The highest BCUT2D eigenvalue weighted by Gasteiger charge is 2.21. The van der Waals surface area contributed by atoms with Crippen LogP contribution in [0.4, 0.5) is 0 Å². The van der Waals surface area contributed by atoms with Crippen LogP contribution in [-0.2, 0) is 4.65 Å². The summed E-state index contributed by atoms with van der Waals surface area (Å²) >= 11 is 0. The number of rotatable bonds is 3. The van der Waals surface area contributed by atoms with Crippen molar-refractivity contribution in [1.29, 1.82) is 0 Å². The van der Waals surface area contributed by atoms with E-state index in [1.807, 2.05) is 14.1 Å². The van der Waals surface area contributed by atoms with Crippen molar-refractivity contribution in [2.75, 3.05) is 21.2 Å². The summed E-state index contributed by atoms with van der Waals surface area (Å²) in [6.45, 7) is 4.29. The molecule has 0 radical (unpaired) electrons. The minimum absolute atomic E-state index is 0.255. The van der Waals surface area contributed by atoms with Crippen LogP contribution in [0.2, 0.25) is 5.82 Å². The van der Waals surface area contributed by atoms with Crippen LogP contribution >= 0.6 is 0 Å². The van der Waals surface area contributed by atoms with E-state index < -0.39 is 0 Å². The summed E-state index contributed by atoms with van der Waals surface area (Å²) in [5.74, 6) is 0.560. The van der Waals surface area contributed by atoms with Gasteiger partial charge in [0.15, 0.2) is 0 Å². The fourth-order valence-corrected chi connectivity index (χ4v) is 1.08. The molecule has 0 unspecified atom stereocenters. The van der Waals surface area contributed by atoms with Crippen molar-refractivity contribution in [3.8, 4) is 0 Å². The molecule has 0 amide bonds. The Hall–Kier alpha value is -0.0151. The van der Waals surface area contributed by atoms with E-state index in [1.165, 1.54) is 0 Å². The van der Waals surface area contributed by atoms with Crippen molar-refractivity contribution in [2.45, 2.75) is 19.7 Å². The minimum Gasteiger partial charge on any atom is -0.424 e. The van der Waals surface area contributed by atoms with Crippen LogP contribution in [0.5, 0.6) is 0 Å². The van der Waals surface area contributed by atoms with Gasteiger partial charge in [-0.1, -0.05) is 13.8 Å². The molecule has 0 aliphatic heterocycles. The minimum atomic E-state index is 0.255. The Morgan fingerprint density at radius 2 is 1.78 bits per heavy atom. The van der Waals surface area contributed by atoms with Gasteiger partial charge in [-0.2, -0.15) is 0 Å². The highest BCUT2D eigenvalue weighted by atomic mass is 16.4. The molecule has 0 aliphatic rings. The molecule has 0 heterocycles. The third-order valence-electron chi connectivity index (χ3n) is 1.32. The molecular formula is C6H16BNO. The highest BCUT2D eigenvalue weighted by molar-refractivity contribution is 6.50. The first kappa shape index (κ1) is 8.98. The molecule has 0 N–H and O–H groups in total. The van der Waals surface area contributed by atoms with Crippen LogP contribution in [0, 0.1) is 0 Å². The Kier molecular flexibility index (Phi) is 3.90. The zero-order valence-corrected chi connectivity index (χ0v) is 7.01. The molecule has 54 valence electrons.